The smallest absolute Gasteiger partial charge is 0.251 e. The van der Waals surface area contributed by atoms with Crippen LogP contribution < -0.4 is 10.2 Å². The van der Waals surface area contributed by atoms with Gasteiger partial charge in [0.15, 0.2) is 11.4 Å². The zero-order valence-corrected chi connectivity index (χ0v) is 15.9. The van der Waals surface area contributed by atoms with Gasteiger partial charge in [0.1, 0.15) is 5.69 Å². The van der Waals surface area contributed by atoms with Gasteiger partial charge in [0.05, 0.1) is 43.3 Å². The summed E-state index contributed by atoms with van der Waals surface area (Å²) in [5.41, 5.74) is 2.11. The van der Waals surface area contributed by atoms with E-state index in [2.05, 4.69) is 15.3 Å². The molecule has 1 aromatic carbocycles. The molecule has 3 aromatic heterocycles. The molecule has 3 heterocycles. The molecule has 28 heavy (non-hydrogen) atoms. The normalized spacial score (nSPS) is 11.1. The third-order valence-electron chi connectivity index (χ3n) is 4.37. The number of methoxy groups -OCH3 is 1. The van der Waals surface area contributed by atoms with Gasteiger partial charge in [0.25, 0.3) is 5.43 Å². The van der Waals surface area contributed by atoms with Crippen LogP contribution in [0.3, 0.4) is 0 Å². The molecule has 0 fully saturated rings. The Bertz CT molecular complexity index is 1160. The van der Waals surface area contributed by atoms with E-state index in [1.165, 1.54) is 7.11 Å². The van der Waals surface area contributed by atoms with E-state index in [1.807, 2.05) is 55.1 Å². The fourth-order valence-corrected chi connectivity index (χ4v) is 2.90. The van der Waals surface area contributed by atoms with Crippen LogP contribution in [0.15, 0.2) is 66.0 Å². The number of para-hydroxylation sites is 1. The van der Waals surface area contributed by atoms with Crippen molar-refractivity contribution in [3.8, 4) is 28.5 Å². The van der Waals surface area contributed by atoms with Gasteiger partial charge in [0.2, 0.25) is 0 Å². The van der Waals surface area contributed by atoms with Gasteiger partial charge >= 0.3 is 0 Å². The number of hydrogen-bond acceptors (Lipinski definition) is 5. The largest absolute Gasteiger partial charge is 0.491 e. The van der Waals surface area contributed by atoms with Gasteiger partial charge in [0, 0.05) is 6.04 Å². The Hall–Kier alpha value is -3.68. The van der Waals surface area contributed by atoms with Crippen LogP contribution in [-0.2, 0) is 0 Å². The molecule has 0 saturated heterocycles. The molecule has 8 heteroatoms. The highest BCUT2D eigenvalue weighted by atomic mass is 16.5. The Morgan fingerprint density at radius 3 is 2.46 bits per heavy atom. The minimum Gasteiger partial charge on any atom is -0.491 e. The van der Waals surface area contributed by atoms with E-state index < -0.39 is 0 Å². The van der Waals surface area contributed by atoms with Crippen molar-refractivity contribution in [1.82, 2.24) is 29.3 Å². The van der Waals surface area contributed by atoms with Crippen molar-refractivity contribution < 1.29 is 4.74 Å². The van der Waals surface area contributed by atoms with Crippen LogP contribution in [0, 0.1) is 0 Å². The minimum absolute atomic E-state index is 0.197. The summed E-state index contributed by atoms with van der Waals surface area (Å²) in [5.74, 6) is 0.197. The van der Waals surface area contributed by atoms with Gasteiger partial charge in [-0.05, 0) is 32.0 Å². The van der Waals surface area contributed by atoms with E-state index in [0.29, 0.717) is 5.69 Å². The van der Waals surface area contributed by atoms with Gasteiger partial charge in [-0.25, -0.2) is 9.36 Å². The lowest BCUT2D eigenvalue weighted by molar-refractivity contribution is 0.405. The summed E-state index contributed by atoms with van der Waals surface area (Å²) in [6.45, 7) is 4.08. The molecular formula is C20H20N6O2. The third kappa shape index (κ3) is 3.09. The molecule has 0 aliphatic heterocycles. The fraction of sp³-hybridized carbons (Fsp3) is 0.200. The Morgan fingerprint density at radius 2 is 1.79 bits per heavy atom. The molecule has 4 rings (SSSR count). The van der Waals surface area contributed by atoms with Crippen LogP contribution in [0.1, 0.15) is 19.9 Å². The minimum atomic E-state index is -0.298. The first-order chi connectivity index (χ1) is 13.6. The molecule has 0 N–H and O–H groups in total. The average molecular weight is 376 g/mol. The first-order valence-electron chi connectivity index (χ1n) is 8.91. The van der Waals surface area contributed by atoms with Crippen LogP contribution in [0.2, 0.25) is 0 Å². The number of benzene rings is 1. The van der Waals surface area contributed by atoms with Crippen LogP contribution >= 0.6 is 0 Å². The second-order valence-electron chi connectivity index (χ2n) is 6.56. The lowest BCUT2D eigenvalue weighted by atomic mass is 10.2. The monoisotopic (exact) mass is 376 g/mol. The standard InChI is InChI=1S/C20H20N6O2/c1-14(2)24-12-16(11-22-24)25-13-18(28-3)20(27)19(23-25)17-9-10-21-26(17)15-7-5-4-6-8-15/h4-14H,1-3H3. The molecule has 0 amide bonds. The molecule has 0 aliphatic carbocycles. The molecule has 142 valence electrons. The molecular weight excluding hydrogens is 356 g/mol. The lowest BCUT2D eigenvalue weighted by Crippen LogP contribution is -2.17. The van der Waals surface area contributed by atoms with Crippen LogP contribution in [0.25, 0.3) is 22.8 Å². The summed E-state index contributed by atoms with van der Waals surface area (Å²) in [6, 6.07) is 11.6. The molecule has 0 aliphatic rings. The van der Waals surface area contributed by atoms with E-state index in [0.717, 1.165) is 11.4 Å². The summed E-state index contributed by atoms with van der Waals surface area (Å²) in [5, 5.41) is 13.3. The molecule has 0 saturated carbocycles. The first kappa shape index (κ1) is 17.7. The van der Waals surface area contributed by atoms with Crippen molar-refractivity contribution in [2.24, 2.45) is 0 Å². The van der Waals surface area contributed by atoms with Gasteiger partial charge < -0.3 is 4.74 Å². The number of aromatic nitrogens is 6. The maximum absolute atomic E-state index is 12.9. The summed E-state index contributed by atoms with van der Waals surface area (Å²) < 4.78 is 10.4. The lowest BCUT2D eigenvalue weighted by Gasteiger charge is -2.11. The molecule has 0 unspecified atom stereocenters. The molecule has 0 atom stereocenters. The van der Waals surface area contributed by atoms with E-state index in [-0.39, 0.29) is 22.9 Å². The second-order valence-corrected chi connectivity index (χ2v) is 6.56. The number of hydrogen-bond donors (Lipinski definition) is 0. The second kappa shape index (κ2) is 7.15. The molecule has 0 spiro atoms. The van der Waals surface area contributed by atoms with E-state index in [4.69, 9.17) is 4.74 Å². The van der Waals surface area contributed by atoms with Crippen molar-refractivity contribution in [2.45, 2.75) is 19.9 Å². The predicted octanol–water partition coefficient (Wildman–Crippen LogP) is 2.87. The van der Waals surface area contributed by atoms with Crippen LogP contribution in [0.5, 0.6) is 5.75 Å². The number of rotatable bonds is 5. The number of ether oxygens (including phenoxy) is 1. The fourth-order valence-electron chi connectivity index (χ4n) is 2.90. The summed E-state index contributed by atoms with van der Waals surface area (Å²) in [7, 11) is 1.47. The van der Waals surface area contributed by atoms with Crippen LogP contribution in [0.4, 0.5) is 0 Å². The van der Waals surface area contributed by atoms with Crippen molar-refractivity contribution in [1.29, 1.82) is 0 Å². The Morgan fingerprint density at radius 1 is 1.00 bits per heavy atom. The molecule has 0 radical (unpaired) electrons. The summed E-state index contributed by atoms with van der Waals surface area (Å²) in [6.07, 6.45) is 6.79. The third-order valence-corrected chi connectivity index (χ3v) is 4.37. The summed E-state index contributed by atoms with van der Waals surface area (Å²) >= 11 is 0. The quantitative estimate of drug-likeness (QED) is 0.535. The maximum atomic E-state index is 12.9. The predicted molar refractivity (Wildman–Crippen MR) is 105 cm³/mol. The van der Waals surface area contributed by atoms with E-state index in [9.17, 15) is 4.79 Å². The van der Waals surface area contributed by atoms with Crippen molar-refractivity contribution in [3.63, 3.8) is 0 Å². The number of nitrogens with zero attached hydrogens (tertiary/aromatic N) is 6. The Kier molecular flexibility index (Phi) is 4.52. The van der Waals surface area contributed by atoms with Gasteiger partial charge in [-0.1, -0.05) is 18.2 Å². The molecule has 8 nitrogen and oxygen atoms in total. The average Bonchev–Trinajstić information content (AvgIpc) is 3.39. The highest BCUT2D eigenvalue weighted by Crippen LogP contribution is 2.21. The SMILES string of the molecule is COc1cn(-c2cnn(C(C)C)c2)nc(-c2ccnn2-c2ccccc2)c1=O. The molecule has 4 aromatic rings. The zero-order valence-electron chi connectivity index (χ0n) is 15.9. The van der Waals surface area contributed by atoms with Crippen molar-refractivity contribution in [3.05, 3.63) is 71.4 Å². The zero-order chi connectivity index (χ0) is 19.7. The Balaban J connectivity index is 1.89. The van der Waals surface area contributed by atoms with Gasteiger partial charge in [-0.3, -0.25) is 9.48 Å². The van der Waals surface area contributed by atoms with Crippen molar-refractivity contribution in [2.75, 3.05) is 7.11 Å². The molecule has 0 bridgehead atoms. The first-order valence-corrected chi connectivity index (χ1v) is 8.91. The maximum Gasteiger partial charge on any atom is 0.251 e. The van der Waals surface area contributed by atoms with Crippen molar-refractivity contribution >= 4 is 0 Å². The van der Waals surface area contributed by atoms with E-state index >= 15 is 0 Å². The summed E-state index contributed by atoms with van der Waals surface area (Å²) in [4.78, 5) is 12.9. The Labute approximate surface area is 161 Å². The van der Waals surface area contributed by atoms with Gasteiger partial charge in [-0.15, -0.1) is 0 Å². The highest BCUT2D eigenvalue weighted by Gasteiger charge is 2.18. The van der Waals surface area contributed by atoms with E-state index in [1.54, 1.807) is 34.0 Å². The topological polar surface area (TPSA) is 79.8 Å². The van der Waals surface area contributed by atoms with Gasteiger partial charge in [-0.2, -0.15) is 15.3 Å². The van der Waals surface area contributed by atoms with Crippen LogP contribution in [-0.4, -0.2) is 36.5 Å². The highest BCUT2D eigenvalue weighted by molar-refractivity contribution is 5.59.